The summed E-state index contributed by atoms with van der Waals surface area (Å²) in [5.74, 6) is 1.33. The molecule has 4 rings (SSSR count). The molecule has 0 fully saturated rings. The zero-order valence-electron chi connectivity index (χ0n) is 14.8. The fraction of sp³-hybridized carbons (Fsp3) is 0.300. The number of fused-ring (bicyclic) bond motifs is 2. The van der Waals surface area contributed by atoms with Crippen LogP contribution in [0.25, 0.3) is 10.1 Å². The Bertz CT molecular complexity index is 1020. The minimum atomic E-state index is -0.0205. The monoisotopic (exact) mass is 384 g/mol. The van der Waals surface area contributed by atoms with Crippen LogP contribution < -0.4 is 20.3 Å². The number of amides is 1. The first-order valence-electron chi connectivity index (χ1n) is 8.99. The van der Waals surface area contributed by atoms with E-state index in [1.54, 1.807) is 22.2 Å². The number of anilines is 1. The van der Waals surface area contributed by atoms with Crippen molar-refractivity contribution in [2.75, 3.05) is 12.1 Å². The van der Waals surface area contributed by atoms with Gasteiger partial charge in [-0.25, -0.2) is 0 Å². The van der Waals surface area contributed by atoms with Crippen LogP contribution in [0.2, 0.25) is 0 Å². The van der Waals surface area contributed by atoms with Gasteiger partial charge in [0, 0.05) is 24.7 Å². The number of hydrogen-bond acceptors (Lipinski definition) is 5. The predicted molar refractivity (Wildman–Crippen MR) is 106 cm³/mol. The van der Waals surface area contributed by atoms with E-state index in [0.717, 1.165) is 29.3 Å². The van der Waals surface area contributed by atoms with Crippen molar-refractivity contribution in [1.82, 2.24) is 3.96 Å². The zero-order valence-corrected chi connectivity index (χ0v) is 15.6. The Morgan fingerprint density at radius 1 is 1.07 bits per heavy atom. The van der Waals surface area contributed by atoms with E-state index in [1.807, 2.05) is 24.3 Å². The lowest BCUT2D eigenvalue weighted by atomic mass is 10.2. The Morgan fingerprint density at radius 3 is 2.81 bits per heavy atom. The first-order valence-corrected chi connectivity index (χ1v) is 9.76. The molecule has 6 nitrogen and oxygen atoms in total. The van der Waals surface area contributed by atoms with Crippen LogP contribution >= 0.6 is 11.5 Å². The molecule has 1 amide bonds. The summed E-state index contributed by atoms with van der Waals surface area (Å²) in [6.45, 7) is 0.914. The van der Waals surface area contributed by atoms with Crippen LogP contribution in [0, 0.1) is 0 Å². The van der Waals surface area contributed by atoms with Gasteiger partial charge in [-0.2, -0.15) is 0 Å². The summed E-state index contributed by atoms with van der Waals surface area (Å²) in [7, 11) is 0. The van der Waals surface area contributed by atoms with Crippen LogP contribution in [0.3, 0.4) is 0 Å². The van der Waals surface area contributed by atoms with Gasteiger partial charge in [-0.3, -0.25) is 13.5 Å². The van der Waals surface area contributed by atoms with E-state index in [0.29, 0.717) is 30.2 Å². The average Bonchev–Trinajstić information content (AvgIpc) is 3.26. The van der Waals surface area contributed by atoms with Crippen molar-refractivity contribution in [3.63, 3.8) is 0 Å². The lowest BCUT2D eigenvalue weighted by Gasteiger charge is -2.06. The fourth-order valence-corrected chi connectivity index (χ4v) is 4.11. The summed E-state index contributed by atoms with van der Waals surface area (Å²) < 4.78 is 13.4. The van der Waals surface area contributed by atoms with Gasteiger partial charge in [-0.1, -0.05) is 30.1 Å². The molecule has 1 aromatic heterocycles. The largest absolute Gasteiger partial charge is 0.454 e. The maximum Gasteiger partial charge on any atom is 0.268 e. The normalized spacial score (nSPS) is 12.4. The molecule has 0 radical (unpaired) electrons. The van der Waals surface area contributed by atoms with Gasteiger partial charge >= 0.3 is 0 Å². The third-order valence-electron chi connectivity index (χ3n) is 4.47. The molecule has 2 aromatic carbocycles. The molecule has 1 aliphatic rings. The average molecular weight is 384 g/mol. The number of nitrogens with one attached hydrogen (secondary N) is 1. The lowest BCUT2D eigenvalue weighted by Crippen LogP contribution is -2.13. The number of hydrogen-bond donors (Lipinski definition) is 1. The molecular weight excluding hydrogens is 364 g/mol. The lowest BCUT2D eigenvalue weighted by molar-refractivity contribution is -0.116. The molecule has 27 heavy (non-hydrogen) atoms. The van der Waals surface area contributed by atoms with Crippen LogP contribution in [0.1, 0.15) is 25.7 Å². The predicted octanol–water partition coefficient (Wildman–Crippen LogP) is 3.99. The Labute approximate surface area is 160 Å². The number of unbranched alkanes of at least 4 members (excludes halogenated alkanes) is 2. The second-order valence-corrected chi connectivity index (χ2v) is 7.48. The maximum atomic E-state index is 12.3. The Balaban J connectivity index is 1.21. The number of nitrogens with zero attached hydrogens (tertiary/aromatic N) is 1. The SMILES string of the molecule is O=C(CCCCCn1sc2ccccc2c1=O)Nc1ccc2c(c1)OCO2. The van der Waals surface area contributed by atoms with Crippen molar-refractivity contribution in [2.24, 2.45) is 0 Å². The molecule has 140 valence electrons. The summed E-state index contributed by atoms with van der Waals surface area (Å²) in [5.41, 5.74) is 0.789. The minimum absolute atomic E-state index is 0.0205. The first kappa shape index (κ1) is 17.6. The van der Waals surface area contributed by atoms with Crippen molar-refractivity contribution in [1.29, 1.82) is 0 Å². The third kappa shape index (κ3) is 3.98. The molecule has 0 bridgehead atoms. The number of benzene rings is 2. The number of rotatable bonds is 7. The minimum Gasteiger partial charge on any atom is -0.454 e. The Hall–Kier alpha value is -2.80. The summed E-state index contributed by atoms with van der Waals surface area (Å²) in [4.78, 5) is 24.4. The van der Waals surface area contributed by atoms with Crippen molar-refractivity contribution >= 4 is 33.2 Å². The molecule has 0 atom stereocenters. The second-order valence-electron chi connectivity index (χ2n) is 6.42. The van der Waals surface area contributed by atoms with E-state index in [4.69, 9.17) is 9.47 Å². The van der Waals surface area contributed by atoms with E-state index < -0.39 is 0 Å². The summed E-state index contributed by atoms with van der Waals surface area (Å²) in [6.07, 6.45) is 3.02. The van der Waals surface area contributed by atoms with E-state index in [9.17, 15) is 9.59 Å². The number of carbonyl (C=O) groups excluding carboxylic acids is 1. The number of aromatic nitrogens is 1. The van der Waals surface area contributed by atoms with Crippen LogP contribution in [0.5, 0.6) is 11.5 Å². The third-order valence-corrected chi connectivity index (χ3v) is 5.60. The van der Waals surface area contributed by atoms with Gasteiger partial charge in [0.15, 0.2) is 11.5 Å². The molecule has 1 aliphatic heterocycles. The first-order chi connectivity index (χ1) is 13.2. The van der Waals surface area contributed by atoms with Gasteiger partial charge in [0.25, 0.3) is 5.56 Å². The van der Waals surface area contributed by atoms with E-state index >= 15 is 0 Å². The molecule has 7 heteroatoms. The highest BCUT2D eigenvalue weighted by atomic mass is 32.1. The molecule has 0 saturated heterocycles. The van der Waals surface area contributed by atoms with E-state index in [2.05, 4.69) is 5.32 Å². The van der Waals surface area contributed by atoms with Gasteiger partial charge < -0.3 is 14.8 Å². The van der Waals surface area contributed by atoms with Gasteiger partial charge in [0.1, 0.15) is 0 Å². The molecule has 2 heterocycles. The van der Waals surface area contributed by atoms with Crippen LogP contribution in [-0.2, 0) is 11.3 Å². The van der Waals surface area contributed by atoms with E-state index in [1.165, 1.54) is 11.5 Å². The molecule has 0 saturated carbocycles. The Morgan fingerprint density at radius 2 is 1.93 bits per heavy atom. The molecule has 0 aliphatic carbocycles. The standard InChI is InChI=1S/C20H20N2O4S/c23-19(21-14-9-10-16-17(12-14)26-13-25-16)8-2-1-5-11-22-20(24)15-6-3-4-7-18(15)27-22/h3-4,6-7,9-10,12H,1-2,5,8,11,13H2,(H,21,23). The van der Waals surface area contributed by atoms with Crippen LogP contribution in [0.15, 0.2) is 47.3 Å². The highest BCUT2D eigenvalue weighted by molar-refractivity contribution is 7.13. The number of carbonyl (C=O) groups is 1. The molecular formula is C20H20N2O4S. The highest BCUT2D eigenvalue weighted by Crippen LogP contribution is 2.34. The van der Waals surface area contributed by atoms with Gasteiger partial charge in [0.2, 0.25) is 12.7 Å². The van der Waals surface area contributed by atoms with Crippen molar-refractivity contribution in [3.05, 3.63) is 52.8 Å². The smallest absolute Gasteiger partial charge is 0.268 e. The van der Waals surface area contributed by atoms with Crippen molar-refractivity contribution in [3.8, 4) is 11.5 Å². The second kappa shape index (κ2) is 7.84. The molecule has 0 unspecified atom stereocenters. The van der Waals surface area contributed by atoms with Gasteiger partial charge in [0.05, 0.1) is 10.1 Å². The summed E-state index contributed by atoms with van der Waals surface area (Å²) in [6, 6.07) is 13.0. The fourth-order valence-electron chi connectivity index (χ4n) is 3.08. The summed E-state index contributed by atoms with van der Waals surface area (Å²) in [5, 5.41) is 3.66. The highest BCUT2D eigenvalue weighted by Gasteiger charge is 2.14. The van der Waals surface area contributed by atoms with Gasteiger partial charge in [-0.05, 0) is 37.1 Å². The van der Waals surface area contributed by atoms with Crippen molar-refractivity contribution < 1.29 is 14.3 Å². The number of ether oxygens (including phenoxy) is 2. The van der Waals surface area contributed by atoms with Crippen LogP contribution in [0.4, 0.5) is 5.69 Å². The van der Waals surface area contributed by atoms with Gasteiger partial charge in [-0.15, -0.1) is 0 Å². The molecule has 3 aromatic rings. The maximum absolute atomic E-state index is 12.3. The van der Waals surface area contributed by atoms with Crippen molar-refractivity contribution in [2.45, 2.75) is 32.2 Å². The quantitative estimate of drug-likeness (QED) is 0.626. The zero-order chi connectivity index (χ0) is 18.6. The van der Waals surface area contributed by atoms with Crippen LogP contribution in [-0.4, -0.2) is 16.7 Å². The van der Waals surface area contributed by atoms with E-state index in [-0.39, 0.29) is 18.3 Å². The molecule has 0 spiro atoms. The summed E-state index contributed by atoms with van der Waals surface area (Å²) >= 11 is 1.50. The number of aryl methyl sites for hydroxylation is 1. The Kier molecular flexibility index (Phi) is 5.11. The topological polar surface area (TPSA) is 69.6 Å². The molecule has 1 N–H and O–H groups in total.